The fourth-order valence-electron chi connectivity index (χ4n) is 3.03. The molecule has 0 aliphatic heterocycles. The summed E-state index contributed by atoms with van der Waals surface area (Å²) in [5.74, 6) is -0.259. The molecule has 2 aromatic heterocycles. The van der Waals surface area contributed by atoms with E-state index < -0.39 is 0 Å². The highest BCUT2D eigenvalue weighted by molar-refractivity contribution is 7.23. The van der Waals surface area contributed by atoms with Crippen LogP contribution in [-0.2, 0) is 16.0 Å². The summed E-state index contributed by atoms with van der Waals surface area (Å²) < 4.78 is 7.90. The molecule has 0 saturated carbocycles. The molecule has 7 heteroatoms. The maximum Gasteiger partial charge on any atom is 0.310 e. The summed E-state index contributed by atoms with van der Waals surface area (Å²) in [6.07, 6.45) is 0.212. The van der Waals surface area contributed by atoms with Gasteiger partial charge in [0.25, 0.3) is 5.56 Å². The van der Waals surface area contributed by atoms with E-state index in [4.69, 9.17) is 16.3 Å². The molecule has 0 spiro atoms. The van der Waals surface area contributed by atoms with Crippen LogP contribution in [0.3, 0.4) is 0 Å². The van der Waals surface area contributed by atoms with Gasteiger partial charge in [-0.05, 0) is 36.8 Å². The largest absolute Gasteiger partial charge is 0.466 e. The van der Waals surface area contributed by atoms with E-state index in [1.165, 1.54) is 17.4 Å². The van der Waals surface area contributed by atoms with Gasteiger partial charge >= 0.3 is 5.97 Å². The number of rotatable bonds is 4. The maximum atomic E-state index is 12.1. The molecular formula is C20H15ClN2O3S. The summed E-state index contributed by atoms with van der Waals surface area (Å²) in [4.78, 5) is 28.6. The number of aromatic nitrogens is 2. The Bertz CT molecular complexity index is 1230. The van der Waals surface area contributed by atoms with Crippen LogP contribution in [0.4, 0.5) is 0 Å². The number of esters is 1. The van der Waals surface area contributed by atoms with Crippen LogP contribution in [0.1, 0.15) is 12.5 Å². The van der Waals surface area contributed by atoms with Gasteiger partial charge in [0.1, 0.15) is 0 Å². The Labute approximate surface area is 163 Å². The normalized spacial score (nSPS) is 11.2. The topological polar surface area (TPSA) is 60.7 Å². The van der Waals surface area contributed by atoms with Gasteiger partial charge in [-0.3, -0.25) is 14.0 Å². The van der Waals surface area contributed by atoms with Crippen molar-refractivity contribution in [3.63, 3.8) is 0 Å². The molecule has 2 heterocycles. The third-order valence-electron chi connectivity index (χ3n) is 4.14. The number of fused-ring (bicyclic) bond motifs is 3. The van der Waals surface area contributed by atoms with Crippen molar-refractivity contribution in [3.05, 3.63) is 69.5 Å². The molecule has 0 radical (unpaired) electrons. The van der Waals surface area contributed by atoms with Gasteiger partial charge in [0.05, 0.1) is 28.9 Å². The van der Waals surface area contributed by atoms with Gasteiger partial charge in [-0.1, -0.05) is 41.1 Å². The average molecular weight is 399 g/mol. The SMILES string of the molecule is CCOC(=O)Cc1ccc2c(c1)sc1nc(=O)cc(-c3cccc(Cl)c3)n12. The molecule has 0 atom stereocenters. The number of carbonyl (C=O) groups is 1. The van der Waals surface area contributed by atoms with Crippen LogP contribution >= 0.6 is 22.9 Å². The summed E-state index contributed by atoms with van der Waals surface area (Å²) >= 11 is 7.54. The standard InChI is InChI=1S/C20H15ClN2O3S/c1-2-26-19(25)9-12-6-7-15-17(8-12)27-20-22-18(24)11-16(23(15)20)13-4-3-5-14(21)10-13/h3-8,10-11H,2,9H2,1H3. The van der Waals surface area contributed by atoms with E-state index in [2.05, 4.69) is 4.98 Å². The first-order chi connectivity index (χ1) is 13.0. The Morgan fingerprint density at radius 2 is 2.07 bits per heavy atom. The van der Waals surface area contributed by atoms with Crippen molar-refractivity contribution >= 4 is 44.1 Å². The maximum absolute atomic E-state index is 12.1. The quantitative estimate of drug-likeness (QED) is 0.480. The highest BCUT2D eigenvalue weighted by atomic mass is 35.5. The van der Waals surface area contributed by atoms with Gasteiger partial charge in [-0.25, -0.2) is 0 Å². The summed E-state index contributed by atoms with van der Waals surface area (Å²) in [5.41, 5.74) is 3.05. The zero-order chi connectivity index (χ0) is 19.0. The van der Waals surface area contributed by atoms with Crippen molar-refractivity contribution < 1.29 is 9.53 Å². The van der Waals surface area contributed by atoms with E-state index in [1.807, 2.05) is 40.8 Å². The monoisotopic (exact) mass is 398 g/mol. The minimum atomic E-state index is -0.303. The predicted octanol–water partition coefficient (Wildman–Crippen LogP) is 4.34. The van der Waals surface area contributed by atoms with Gasteiger partial charge < -0.3 is 4.74 Å². The lowest BCUT2D eigenvalue weighted by atomic mass is 10.1. The number of halogens is 1. The molecule has 0 unspecified atom stereocenters. The van der Waals surface area contributed by atoms with E-state index in [0.717, 1.165) is 27.0 Å². The Hall–Kier alpha value is -2.70. The van der Waals surface area contributed by atoms with Crippen molar-refractivity contribution in [3.8, 4) is 11.3 Å². The highest BCUT2D eigenvalue weighted by Gasteiger charge is 2.14. The first-order valence-electron chi connectivity index (χ1n) is 8.42. The second-order valence-corrected chi connectivity index (χ2v) is 7.44. The van der Waals surface area contributed by atoms with Crippen molar-refractivity contribution in [1.29, 1.82) is 0 Å². The number of ether oxygens (including phenoxy) is 1. The summed E-state index contributed by atoms with van der Waals surface area (Å²) in [6.45, 7) is 2.15. The van der Waals surface area contributed by atoms with E-state index in [0.29, 0.717) is 16.6 Å². The van der Waals surface area contributed by atoms with Gasteiger partial charge in [0.15, 0.2) is 4.96 Å². The van der Waals surface area contributed by atoms with Crippen molar-refractivity contribution in [1.82, 2.24) is 9.38 Å². The van der Waals surface area contributed by atoms with E-state index in [9.17, 15) is 9.59 Å². The number of thiazole rings is 1. The zero-order valence-corrected chi connectivity index (χ0v) is 16.0. The molecule has 0 aliphatic rings. The Balaban J connectivity index is 1.90. The second-order valence-electron chi connectivity index (χ2n) is 5.99. The molecule has 5 nitrogen and oxygen atoms in total. The van der Waals surface area contributed by atoms with Crippen molar-refractivity contribution in [2.24, 2.45) is 0 Å². The molecule has 2 aromatic carbocycles. The van der Waals surface area contributed by atoms with Crippen LogP contribution in [-0.4, -0.2) is 22.0 Å². The lowest BCUT2D eigenvalue weighted by molar-refractivity contribution is -0.142. The first kappa shape index (κ1) is 17.7. The lowest BCUT2D eigenvalue weighted by Gasteiger charge is -2.07. The van der Waals surface area contributed by atoms with Crippen molar-refractivity contribution in [2.75, 3.05) is 6.61 Å². The molecule has 0 saturated heterocycles. The number of hydrogen-bond donors (Lipinski definition) is 0. The van der Waals surface area contributed by atoms with Crippen LogP contribution in [0.2, 0.25) is 5.02 Å². The molecule has 27 heavy (non-hydrogen) atoms. The van der Waals surface area contributed by atoms with Crippen LogP contribution in [0, 0.1) is 0 Å². The molecule has 0 fully saturated rings. The van der Waals surface area contributed by atoms with Gasteiger partial charge in [0, 0.05) is 16.7 Å². The third kappa shape index (κ3) is 3.46. The zero-order valence-electron chi connectivity index (χ0n) is 14.4. The van der Waals surface area contributed by atoms with Gasteiger partial charge in [0.2, 0.25) is 0 Å². The van der Waals surface area contributed by atoms with Crippen LogP contribution in [0.15, 0.2) is 53.3 Å². The predicted molar refractivity (Wildman–Crippen MR) is 108 cm³/mol. The number of benzene rings is 2. The number of hydrogen-bond acceptors (Lipinski definition) is 5. The Morgan fingerprint density at radius 3 is 2.85 bits per heavy atom. The first-order valence-corrected chi connectivity index (χ1v) is 9.61. The third-order valence-corrected chi connectivity index (χ3v) is 5.38. The average Bonchev–Trinajstić information content (AvgIpc) is 2.98. The minimum Gasteiger partial charge on any atom is -0.466 e. The molecule has 0 N–H and O–H groups in total. The van der Waals surface area contributed by atoms with Gasteiger partial charge in [-0.15, -0.1) is 0 Å². The molecule has 0 amide bonds. The fraction of sp³-hybridized carbons (Fsp3) is 0.150. The molecule has 136 valence electrons. The number of nitrogens with zero attached hydrogens (tertiary/aromatic N) is 2. The molecule has 4 aromatic rings. The second kappa shape index (κ2) is 7.13. The Morgan fingerprint density at radius 1 is 1.22 bits per heavy atom. The smallest absolute Gasteiger partial charge is 0.310 e. The highest BCUT2D eigenvalue weighted by Crippen LogP contribution is 2.31. The summed E-state index contributed by atoms with van der Waals surface area (Å²) in [5, 5.41) is 0.599. The fourth-order valence-corrected chi connectivity index (χ4v) is 4.32. The van der Waals surface area contributed by atoms with Crippen molar-refractivity contribution in [2.45, 2.75) is 13.3 Å². The molecule has 0 bridgehead atoms. The lowest BCUT2D eigenvalue weighted by Crippen LogP contribution is -2.08. The summed E-state index contributed by atoms with van der Waals surface area (Å²) in [6, 6.07) is 14.7. The minimum absolute atomic E-state index is 0.212. The van der Waals surface area contributed by atoms with Crippen LogP contribution in [0.25, 0.3) is 26.4 Å². The van der Waals surface area contributed by atoms with E-state index in [-0.39, 0.29) is 17.9 Å². The molecular weight excluding hydrogens is 384 g/mol. The Kier molecular flexibility index (Phi) is 4.68. The van der Waals surface area contributed by atoms with Gasteiger partial charge in [-0.2, -0.15) is 4.98 Å². The van der Waals surface area contributed by atoms with Crippen LogP contribution < -0.4 is 5.56 Å². The van der Waals surface area contributed by atoms with E-state index >= 15 is 0 Å². The molecule has 0 aliphatic carbocycles. The molecule has 4 rings (SSSR count). The summed E-state index contributed by atoms with van der Waals surface area (Å²) in [7, 11) is 0. The van der Waals surface area contributed by atoms with Crippen LogP contribution in [0.5, 0.6) is 0 Å². The van der Waals surface area contributed by atoms with E-state index in [1.54, 1.807) is 13.0 Å². The number of carbonyl (C=O) groups excluding carboxylic acids is 1.